The van der Waals surface area contributed by atoms with Crippen molar-refractivity contribution in [2.45, 2.75) is 23.1 Å². The SMILES string of the molecule is CCOc1ccc(C(=O)NNC(=O)c2ccc(Sc3nc(C)cs3)c([N+](=O)[O-])c2)cc1OC. The molecule has 0 atom stereocenters. The second-order valence-electron chi connectivity index (χ2n) is 6.50. The molecule has 0 bridgehead atoms. The summed E-state index contributed by atoms with van der Waals surface area (Å²) in [6.45, 7) is 4.09. The number of nitro benzene ring substituents is 1. The molecule has 0 aliphatic rings. The third-order valence-corrected chi connectivity index (χ3v) is 6.35. The van der Waals surface area contributed by atoms with Gasteiger partial charge in [-0.15, -0.1) is 11.3 Å². The minimum Gasteiger partial charge on any atom is -0.493 e. The lowest BCUT2D eigenvalue weighted by molar-refractivity contribution is -0.387. The van der Waals surface area contributed by atoms with E-state index in [9.17, 15) is 19.7 Å². The summed E-state index contributed by atoms with van der Waals surface area (Å²) in [5.74, 6) is -0.440. The van der Waals surface area contributed by atoms with E-state index < -0.39 is 16.7 Å². The van der Waals surface area contributed by atoms with Crippen LogP contribution in [0.25, 0.3) is 0 Å². The third-order valence-electron chi connectivity index (χ3n) is 4.23. The molecule has 12 heteroatoms. The Labute approximate surface area is 197 Å². The molecule has 2 aromatic carbocycles. The highest BCUT2D eigenvalue weighted by molar-refractivity contribution is 8.01. The monoisotopic (exact) mass is 488 g/mol. The topological polar surface area (TPSA) is 133 Å². The summed E-state index contributed by atoms with van der Waals surface area (Å²) in [5, 5.41) is 13.4. The molecule has 0 unspecified atom stereocenters. The molecule has 0 fully saturated rings. The van der Waals surface area contributed by atoms with Crippen molar-refractivity contribution in [3.63, 3.8) is 0 Å². The van der Waals surface area contributed by atoms with Gasteiger partial charge in [-0.25, -0.2) is 4.98 Å². The number of hydrogen-bond acceptors (Lipinski definition) is 9. The van der Waals surface area contributed by atoms with Crippen LogP contribution in [-0.2, 0) is 0 Å². The fourth-order valence-electron chi connectivity index (χ4n) is 2.70. The summed E-state index contributed by atoms with van der Waals surface area (Å²) >= 11 is 2.53. The van der Waals surface area contributed by atoms with E-state index in [4.69, 9.17) is 9.47 Å². The standard InChI is InChI=1S/C21H20N4O6S2/c1-4-31-16-7-5-14(10-17(16)30-3)20(27)24-23-19(26)13-6-8-18(15(9-13)25(28)29)33-21-22-12(2)11-32-21/h5-11H,4H2,1-3H3,(H,23,26)(H,24,27). The Balaban J connectivity index is 1.70. The summed E-state index contributed by atoms with van der Waals surface area (Å²) in [6.07, 6.45) is 0. The quantitative estimate of drug-likeness (QED) is 0.359. The average Bonchev–Trinajstić information content (AvgIpc) is 3.22. The van der Waals surface area contributed by atoms with Crippen molar-refractivity contribution < 1.29 is 24.0 Å². The molecular formula is C21H20N4O6S2. The van der Waals surface area contributed by atoms with Crippen LogP contribution in [0, 0.1) is 17.0 Å². The Hall–Kier alpha value is -3.64. The molecule has 1 aromatic heterocycles. The molecule has 172 valence electrons. The first-order valence-electron chi connectivity index (χ1n) is 9.62. The molecule has 3 aromatic rings. The van der Waals surface area contributed by atoms with Crippen molar-refractivity contribution in [2.24, 2.45) is 0 Å². The number of methoxy groups -OCH3 is 1. The van der Waals surface area contributed by atoms with Crippen LogP contribution in [0.2, 0.25) is 0 Å². The molecule has 2 amide bonds. The molecule has 33 heavy (non-hydrogen) atoms. The van der Waals surface area contributed by atoms with Crippen molar-refractivity contribution in [2.75, 3.05) is 13.7 Å². The Morgan fingerprint density at radius 1 is 1.12 bits per heavy atom. The van der Waals surface area contributed by atoms with Crippen LogP contribution in [0.1, 0.15) is 33.3 Å². The molecule has 0 saturated carbocycles. The number of hydrogen-bond donors (Lipinski definition) is 2. The molecule has 3 rings (SSSR count). The van der Waals surface area contributed by atoms with Gasteiger partial charge in [0.05, 0.1) is 23.5 Å². The fourth-order valence-corrected chi connectivity index (χ4v) is 4.58. The summed E-state index contributed by atoms with van der Waals surface area (Å²) in [7, 11) is 1.45. The molecule has 0 aliphatic heterocycles. The lowest BCUT2D eigenvalue weighted by Gasteiger charge is -2.12. The summed E-state index contributed by atoms with van der Waals surface area (Å²) in [6, 6.07) is 8.66. The number of carbonyl (C=O) groups is 2. The second-order valence-corrected chi connectivity index (χ2v) is 8.65. The van der Waals surface area contributed by atoms with Gasteiger partial charge in [-0.2, -0.15) is 0 Å². The van der Waals surface area contributed by atoms with Crippen molar-refractivity contribution in [3.05, 3.63) is 68.7 Å². The first-order chi connectivity index (χ1) is 15.8. The Kier molecular flexibility index (Phi) is 7.85. The number of carbonyl (C=O) groups excluding carboxylic acids is 2. The number of amides is 2. The zero-order chi connectivity index (χ0) is 24.0. The molecule has 1 heterocycles. The number of aromatic nitrogens is 1. The highest BCUT2D eigenvalue weighted by Gasteiger charge is 2.20. The molecule has 2 N–H and O–H groups in total. The fraction of sp³-hybridized carbons (Fsp3) is 0.190. The van der Waals surface area contributed by atoms with E-state index in [0.29, 0.717) is 27.3 Å². The summed E-state index contributed by atoms with van der Waals surface area (Å²) in [5.41, 5.74) is 5.39. The van der Waals surface area contributed by atoms with Gasteiger partial charge in [0, 0.05) is 28.3 Å². The number of thiazole rings is 1. The van der Waals surface area contributed by atoms with E-state index in [2.05, 4.69) is 15.8 Å². The molecular weight excluding hydrogens is 468 g/mol. The minimum absolute atomic E-state index is 0.0194. The van der Waals surface area contributed by atoms with Crippen LogP contribution >= 0.6 is 23.1 Å². The largest absolute Gasteiger partial charge is 0.493 e. The van der Waals surface area contributed by atoms with Gasteiger partial charge in [0.15, 0.2) is 15.8 Å². The predicted molar refractivity (Wildman–Crippen MR) is 123 cm³/mol. The van der Waals surface area contributed by atoms with Crippen LogP contribution in [0.3, 0.4) is 0 Å². The van der Waals surface area contributed by atoms with Crippen LogP contribution in [0.5, 0.6) is 11.5 Å². The van der Waals surface area contributed by atoms with E-state index in [-0.39, 0.29) is 16.8 Å². The number of hydrazine groups is 1. The zero-order valence-corrected chi connectivity index (χ0v) is 19.5. The first-order valence-corrected chi connectivity index (χ1v) is 11.3. The van der Waals surface area contributed by atoms with Crippen LogP contribution in [0.15, 0.2) is 51.0 Å². The molecule has 0 spiro atoms. The smallest absolute Gasteiger partial charge is 0.284 e. The van der Waals surface area contributed by atoms with E-state index in [1.165, 1.54) is 42.7 Å². The number of aryl methyl sites for hydroxylation is 1. The van der Waals surface area contributed by atoms with Crippen LogP contribution < -0.4 is 20.3 Å². The molecule has 0 aliphatic carbocycles. The van der Waals surface area contributed by atoms with E-state index in [1.807, 2.05) is 19.2 Å². The van der Waals surface area contributed by atoms with E-state index >= 15 is 0 Å². The number of nitrogens with one attached hydrogen (secondary N) is 2. The predicted octanol–water partition coefficient (Wildman–Crippen LogP) is 3.99. The van der Waals surface area contributed by atoms with Gasteiger partial charge < -0.3 is 9.47 Å². The number of benzene rings is 2. The maximum Gasteiger partial charge on any atom is 0.284 e. The zero-order valence-electron chi connectivity index (χ0n) is 17.9. The van der Waals surface area contributed by atoms with Crippen molar-refractivity contribution in [1.82, 2.24) is 15.8 Å². The van der Waals surface area contributed by atoms with Gasteiger partial charge in [-0.05, 0) is 44.2 Å². The van der Waals surface area contributed by atoms with Crippen molar-refractivity contribution in [1.29, 1.82) is 0 Å². The van der Waals surface area contributed by atoms with E-state index in [1.54, 1.807) is 6.07 Å². The second kappa shape index (κ2) is 10.8. The maximum atomic E-state index is 12.5. The maximum absolute atomic E-state index is 12.5. The molecule has 0 saturated heterocycles. The number of ether oxygens (including phenoxy) is 2. The van der Waals surface area contributed by atoms with Crippen molar-refractivity contribution in [3.8, 4) is 11.5 Å². The average molecular weight is 489 g/mol. The van der Waals surface area contributed by atoms with Gasteiger partial charge in [0.2, 0.25) is 0 Å². The highest BCUT2D eigenvalue weighted by Crippen LogP contribution is 2.36. The normalized spacial score (nSPS) is 10.4. The minimum atomic E-state index is -0.703. The lowest BCUT2D eigenvalue weighted by atomic mass is 10.2. The van der Waals surface area contributed by atoms with Gasteiger partial charge >= 0.3 is 0 Å². The lowest BCUT2D eigenvalue weighted by Crippen LogP contribution is -2.41. The summed E-state index contributed by atoms with van der Waals surface area (Å²) in [4.78, 5) is 40.5. The van der Waals surface area contributed by atoms with Gasteiger partial charge in [-0.1, -0.05) is 11.8 Å². The highest BCUT2D eigenvalue weighted by atomic mass is 32.2. The molecule has 0 radical (unpaired) electrons. The Bertz CT molecular complexity index is 1200. The number of rotatable bonds is 8. The molecule has 10 nitrogen and oxygen atoms in total. The van der Waals surface area contributed by atoms with Gasteiger partial charge in [0.25, 0.3) is 17.5 Å². The van der Waals surface area contributed by atoms with Gasteiger partial charge in [0.1, 0.15) is 0 Å². The van der Waals surface area contributed by atoms with Crippen LogP contribution in [-0.4, -0.2) is 35.4 Å². The van der Waals surface area contributed by atoms with Crippen LogP contribution in [0.4, 0.5) is 5.69 Å². The number of nitro groups is 1. The van der Waals surface area contributed by atoms with E-state index in [0.717, 1.165) is 23.5 Å². The Morgan fingerprint density at radius 3 is 2.36 bits per heavy atom. The number of nitrogens with zero attached hydrogens (tertiary/aromatic N) is 2. The summed E-state index contributed by atoms with van der Waals surface area (Å²) < 4.78 is 11.3. The first kappa shape index (κ1) is 24.0. The van der Waals surface area contributed by atoms with Gasteiger partial charge in [-0.3, -0.25) is 30.6 Å². The Morgan fingerprint density at radius 2 is 1.79 bits per heavy atom. The third kappa shape index (κ3) is 5.99. The van der Waals surface area contributed by atoms with Crippen molar-refractivity contribution >= 4 is 40.6 Å².